The van der Waals surface area contributed by atoms with E-state index in [-0.39, 0.29) is 10.6 Å². The summed E-state index contributed by atoms with van der Waals surface area (Å²) in [4.78, 5) is 21.1. The van der Waals surface area contributed by atoms with Gasteiger partial charge in [-0.15, -0.1) is 10.0 Å². The SMILES string of the molecule is CC1(C)C(=O)Nc2cc(NC3=N[N+]4(N5Cc6cn[nH]c6C5)C=CN=CC4=N3)ccc21. The number of carbonyl (C=O) groups is 1. The monoisotopic (exact) mass is 402 g/mol. The van der Waals surface area contributed by atoms with E-state index in [1.807, 2.05) is 44.4 Å². The van der Waals surface area contributed by atoms with Crippen molar-refractivity contribution in [2.24, 2.45) is 15.1 Å². The van der Waals surface area contributed by atoms with E-state index >= 15 is 0 Å². The predicted molar refractivity (Wildman–Crippen MR) is 112 cm³/mol. The maximum atomic E-state index is 12.2. The third kappa shape index (κ3) is 2.28. The Morgan fingerprint density at radius 2 is 2.17 bits per heavy atom. The number of carbonyl (C=O) groups excluding carboxylic acids is 1. The number of amides is 1. The molecule has 0 spiro atoms. The molecular weight excluding hydrogens is 382 g/mol. The second-order valence-corrected chi connectivity index (χ2v) is 8.28. The first-order valence-corrected chi connectivity index (χ1v) is 9.74. The van der Waals surface area contributed by atoms with Crippen LogP contribution in [0.5, 0.6) is 0 Å². The number of hydrogen-bond donors (Lipinski definition) is 3. The highest BCUT2D eigenvalue weighted by Crippen LogP contribution is 2.39. The van der Waals surface area contributed by atoms with Crippen LogP contribution in [0.15, 0.2) is 51.9 Å². The fourth-order valence-corrected chi connectivity index (χ4v) is 4.28. The standard InChI is InChI=1S/C20H19N9O/c1-20(2)14-4-3-13(7-15(14)24-18(20)30)23-19-25-17-9-21-5-6-29(17,27-19)28-10-12-8-22-26-16(12)11-28/h3-9H,10-11H2,1-2H3,(H2-,22,23,24,26,27,30)/p+1. The van der Waals surface area contributed by atoms with Gasteiger partial charge in [0.1, 0.15) is 6.21 Å². The summed E-state index contributed by atoms with van der Waals surface area (Å²) in [6.45, 7) is 5.24. The lowest BCUT2D eigenvalue weighted by atomic mass is 9.86. The number of nitrogens with zero attached hydrogens (tertiary/aromatic N) is 6. The number of guanidine groups is 1. The van der Waals surface area contributed by atoms with E-state index in [0.29, 0.717) is 24.9 Å². The van der Waals surface area contributed by atoms with Crippen LogP contribution in [0.1, 0.15) is 30.7 Å². The summed E-state index contributed by atoms with van der Waals surface area (Å²) >= 11 is 0. The Hall–Kier alpha value is -3.63. The zero-order valence-corrected chi connectivity index (χ0v) is 16.5. The molecule has 1 unspecified atom stereocenters. The number of hydrogen-bond acceptors (Lipinski definition) is 7. The van der Waals surface area contributed by atoms with Crippen LogP contribution in [0, 0.1) is 0 Å². The van der Waals surface area contributed by atoms with Crippen molar-refractivity contribution in [3.63, 3.8) is 0 Å². The summed E-state index contributed by atoms with van der Waals surface area (Å²) in [5.74, 6) is 1.21. The van der Waals surface area contributed by atoms with Gasteiger partial charge in [-0.05, 0) is 41.3 Å². The van der Waals surface area contributed by atoms with E-state index in [1.54, 1.807) is 12.4 Å². The number of anilines is 2. The average Bonchev–Trinajstić information content (AvgIpc) is 3.43. The van der Waals surface area contributed by atoms with Crippen molar-refractivity contribution in [1.29, 1.82) is 0 Å². The Balaban J connectivity index is 1.31. The Labute approximate surface area is 172 Å². The largest absolute Gasteiger partial charge is 0.325 e. The summed E-state index contributed by atoms with van der Waals surface area (Å²) in [5.41, 5.74) is 4.33. The van der Waals surface area contributed by atoms with E-state index in [2.05, 4.69) is 35.8 Å². The molecule has 1 atom stereocenters. The molecule has 0 aliphatic carbocycles. The molecule has 4 aliphatic rings. The molecule has 1 amide bonds. The maximum Gasteiger partial charge on any atom is 0.301 e. The van der Waals surface area contributed by atoms with Gasteiger partial charge in [-0.25, -0.2) is 0 Å². The molecule has 150 valence electrons. The molecule has 6 rings (SSSR count). The van der Waals surface area contributed by atoms with Crippen LogP contribution in [0.4, 0.5) is 11.4 Å². The zero-order valence-electron chi connectivity index (χ0n) is 16.5. The highest BCUT2D eigenvalue weighted by atomic mass is 16.2. The number of aliphatic imine (C=N–C) groups is 2. The molecule has 1 aromatic heterocycles. The number of benzene rings is 1. The van der Waals surface area contributed by atoms with Gasteiger partial charge >= 0.3 is 5.84 Å². The topological polar surface area (TPSA) is 110 Å². The second kappa shape index (κ2) is 5.71. The maximum absolute atomic E-state index is 12.2. The minimum atomic E-state index is -0.531. The summed E-state index contributed by atoms with van der Waals surface area (Å²) in [5, 5.41) is 20.5. The third-order valence-corrected chi connectivity index (χ3v) is 6.05. The number of amidine groups is 1. The van der Waals surface area contributed by atoms with Gasteiger partial charge in [0.05, 0.1) is 36.6 Å². The first-order valence-electron chi connectivity index (χ1n) is 9.74. The lowest BCUT2D eigenvalue weighted by Gasteiger charge is -2.31. The van der Waals surface area contributed by atoms with Crippen LogP contribution < -0.4 is 10.6 Å². The van der Waals surface area contributed by atoms with Gasteiger partial charge in [-0.3, -0.25) is 14.9 Å². The molecule has 0 saturated heterocycles. The van der Waals surface area contributed by atoms with Crippen molar-refractivity contribution in [2.75, 3.05) is 10.6 Å². The van der Waals surface area contributed by atoms with Gasteiger partial charge in [-0.2, -0.15) is 5.10 Å². The van der Waals surface area contributed by atoms with Crippen LogP contribution in [0.2, 0.25) is 0 Å². The number of rotatable bonds is 2. The van der Waals surface area contributed by atoms with E-state index in [0.717, 1.165) is 28.2 Å². The Kier molecular flexibility index (Phi) is 3.28. The molecule has 0 bridgehead atoms. The number of H-pyrrole nitrogens is 1. The second-order valence-electron chi connectivity index (χ2n) is 8.28. The van der Waals surface area contributed by atoms with Gasteiger partial charge in [0.15, 0.2) is 6.20 Å². The lowest BCUT2D eigenvalue weighted by Crippen LogP contribution is -2.54. The van der Waals surface area contributed by atoms with Gasteiger partial charge in [0, 0.05) is 16.9 Å². The number of nitrogens with one attached hydrogen (secondary N) is 3. The molecule has 10 heteroatoms. The first-order chi connectivity index (χ1) is 14.5. The molecule has 10 nitrogen and oxygen atoms in total. The summed E-state index contributed by atoms with van der Waals surface area (Å²) in [7, 11) is 0. The van der Waals surface area contributed by atoms with Crippen LogP contribution in [-0.2, 0) is 23.3 Å². The molecule has 1 aromatic carbocycles. The van der Waals surface area contributed by atoms with Crippen molar-refractivity contribution in [1.82, 2.24) is 15.2 Å². The van der Waals surface area contributed by atoms with Crippen molar-refractivity contribution in [3.05, 3.63) is 53.6 Å². The average molecular weight is 402 g/mol. The molecule has 4 aliphatic heterocycles. The van der Waals surface area contributed by atoms with Gasteiger partial charge in [-0.1, -0.05) is 6.07 Å². The quantitative estimate of drug-likeness (QED) is 0.668. The van der Waals surface area contributed by atoms with Crippen molar-refractivity contribution < 1.29 is 9.50 Å². The Bertz CT molecular complexity index is 1200. The van der Waals surface area contributed by atoms with Crippen LogP contribution in [0.25, 0.3) is 0 Å². The van der Waals surface area contributed by atoms with E-state index in [1.165, 1.54) is 0 Å². The van der Waals surface area contributed by atoms with Crippen LogP contribution in [0.3, 0.4) is 0 Å². The van der Waals surface area contributed by atoms with Gasteiger partial charge < -0.3 is 10.6 Å². The van der Waals surface area contributed by atoms with Gasteiger partial charge in [0.2, 0.25) is 5.91 Å². The normalized spacial score (nSPS) is 25.5. The number of aromatic nitrogens is 2. The molecule has 30 heavy (non-hydrogen) atoms. The van der Waals surface area contributed by atoms with Gasteiger partial charge in [0.25, 0.3) is 5.96 Å². The summed E-state index contributed by atoms with van der Waals surface area (Å²) in [6, 6.07) is 5.83. The third-order valence-electron chi connectivity index (χ3n) is 6.05. The Morgan fingerprint density at radius 3 is 3.03 bits per heavy atom. The van der Waals surface area contributed by atoms with Crippen LogP contribution >= 0.6 is 0 Å². The molecule has 3 N–H and O–H groups in total. The molecule has 0 fully saturated rings. The Morgan fingerprint density at radius 1 is 1.27 bits per heavy atom. The summed E-state index contributed by atoms with van der Waals surface area (Å²) < 4.78 is 0.128. The zero-order chi connectivity index (χ0) is 20.5. The molecular formula is C20H20N9O+. The minimum Gasteiger partial charge on any atom is -0.325 e. The number of aromatic amines is 1. The van der Waals surface area contributed by atoms with Crippen molar-refractivity contribution in [3.8, 4) is 0 Å². The summed E-state index contributed by atoms with van der Waals surface area (Å²) in [6.07, 6.45) is 7.24. The molecule has 5 heterocycles. The molecule has 2 aromatic rings. The van der Waals surface area contributed by atoms with Crippen molar-refractivity contribution >= 4 is 35.3 Å². The fourth-order valence-electron chi connectivity index (χ4n) is 4.28. The number of fused-ring (bicyclic) bond motifs is 3. The fraction of sp³-hybridized carbons (Fsp3) is 0.250. The number of quaternary nitrogens is 1. The van der Waals surface area contributed by atoms with Crippen LogP contribution in [-0.4, -0.2) is 43.8 Å². The minimum absolute atomic E-state index is 0.00261. The first kappa shape index (κ1) is 17.2. The molecule has 0 saturated carbocycles. The highest BCUT2D eigenvalue weighted by Gasteiger charge is 2.49. The highest BCUT2D eigenvalue weighted by molar-refractivity contribution is 6.30. The van der Waals surface area contributed by atoms with E-state index in [9.17, 15) is 4.79 Å². The molecule has 0 radical (unpaired) electrons. The van der Waals surface area contributed by atoms with E-state index in [4.69, 9.17) is 5.10 Å². The van der Waals surface area contributed by atoms with Crippen molar-refractivity contribution in [2.45, 2.75) is 32.4 Å². The lowest BCUT2D eigenvalue weighted by molar-refractivity contribution is -0.921. The smallest absolute Gasteiger partial charge is 0.301 e. The predicted octanol–water partition coefficient (Wildman–Crippen LogP) is 2.04. The van der Waals surface area contributed by atoms with E-state index < -0.39 is 5.41 Å².